The number of likely N-dealkylation sites (N-methyl/N-ethyl adjacent to an activating group) is 1. The summed E-state index contributed by atoms with van der Waals surface area (Å²) >= 11 is 0. The van der Waals surface area contributed by atoms with Gasteiger partial charge < -0.3 is 15.7 Å². The van der Waals surface area contributed by atoms with Crippen molar-refractivity contribution in [1.29, 1.82) is 0 Å². The van der Waals surface area contributed by atoms with Crippen molar-refractivity contribution < 1.29 is 9.90 Å². The number of carbonyl (C=O) groups excluding carboxylic acids is 1. The lowest BCUT2D eigenvalue weighted by molar-refractivity contribution is -0.122. The number of rotatable bonds is 4. The van der Waals surface area contributed by atoms with Crippen molar-refractivity contribution >= 4 is 16.9 Å². The van der Waals surface area contributed by atoms with E-state index in [2.05, 4.69) is 29.5 Å². The van der Waals surface area contributed by atoms with E-state index in [0.717, 1.165) is 24.2 Å². The van der Waals surface area contributed by atoms with E-state index < -0.39 is 5.60 Å². The number of amides is 1. The standard InChI is InChI=1S/C20H28N4O2/c1-5-14(18(25)21-4)13-10-16-15(23-11-13)6-7-17(24-16)20(26)8-9-22-12-19(20,2)3/h6-7,10-11,14,22,26H,5,8-9,12H2,1-4H3,(H,21,25). The van der Waals surface area contributed by atoms with Gasteiger partial charge in [-0.05, 0) is 43.1 Å². The Kier molecular flexibility index (Phi) is 4.99. The van der Waals surface area contributed by atoms with Crippen LogP contribution in [0.3, 0.4) is 0 Å². The number of carbonyl (C=O) groups is 1. The Balaban J connectivity index is 2.06. The number of hydrogen-bond donors (Lipinski definition) is 3. The summed E-state index contributed by atoms with van der Waals surface area (Å²) in [6.45, 7) is 7.58. The predicted molar refractivity (Wildman–Crippen MR) is 102 cm³/mol. The number of nitrogens with zero attached hydrogens (tertiary/aromatic N) is 2. The third-order valence-electron chi connectivity index (χ3n) is 5.71. The van der Waals surface area contributed by atoms with Crippen molar-refractivity contribution in [3.63, 3.8) is 0 Å². The van der Waals surface area contributed by atoms with E-state index in [0.29, 0.717) is 24.1 Å². The van der Waals surface area contributed by atoms with E-state index in [9.17, 15) is 9.90 Å². The maximum absolute atomic E-state index is 12.1. The van der Waals surface area contributed by atoms with Crippen LogP contribution in [0, 0.1) is 5.41 Å². The van der Waals surface area contributed by atoms with Crippen LogP contribution in [0.4, 0.5) is 0 Å². The molecule has 1 fully saturated rings. The van der Waals surface area contributed by atoms with Gasteiger partial charge in [-0.25, -0.2) is 4.98 Å². The van der Waals surface area contributed by atoms with Crippen LogP contribution in [-0.4, -0.2) is 41.1 Å². The molecule has 0 saturated carbocycles. The van der Waals surface area contributed by atoms with Crippen molar-refractivity contribution in [1.82, 2.24) is 20.6 Å². The minimum atomic E-state index is -0.993. The number of aliphatic hydroxyl groups is 1. The molecule has 3 rings (SSSR count). The average Bonchev–Trinajstić information content (AvgIpc) is 2.64. The Labute approximate surface area is 154 Å². The van der Waals surface area contributed by atoms with Crippen LogP contribution in [0.1, 0.15) is 50.8 Å². The largest absolute Gasteiger partial charge is 0.383 e. The molecule has 1 aliphatic heterocycles. The summed E-state index contributed by atoms with van der Waals surface area (Å²) in [6.07, 6.45) is 3.05. The van der Waals surface area contributed by atoms with Crippen LogP contribution < -0.4 is 10.6 Å². The molecule has 6 nitrogen and oxygen atoms in total. The summed E-state index contributed by atoms with van der Waals surface area (Å²) in [5.74, 6) is -0.274. The van der Waals surface area contributed by atoms with Gasteiger partial charge >= 0.3 is 0 Å². The lowest BCUT2D eigenvalue weighted by Gasteiger charge is -2.46. The highest BCUT2D eigenvalue weighted by atomic mass is 16.3. The maximum atomic E-state index is 12.1. The zero-order chi connectivity index (χ0) is 18.9. The van der Waals surface area contributed by atoms with E-state index in [1.807, 2.05) is 25.1 Å². The van der Waals surface area contributed by atoms with Crippen molar-refractivity contribution in [2.75, 3.05) is 20.1 Å². The van der Waals surface area contributed by atoms with Gasteiger partial charge in [-0.3, -0.25) is 9.78 Å². The first kappa shape index (κ1) is 18.7. The first-order valence-electron chi connectivity index (χ1n) is 9.24. The van der Waals surface area contributed by atoms with Crippen LogP contribution in [0.5, 0.6) is 0 Å². The first-order valence-corrected chi connectivity index (χ1v) is 9.24. The smallest absolute Gasteiger partial charge is 0.227 e. The summed E-state index contributed by atoms with van der Waals surface area (Å²) in [7, 11) is 1.64. The Morgan fingerprint density at radius 2 is 2.15 bits per heavy atom. The quantitative estimate of drug-likeness (QED) is 0.781. The van der Waals surface area contributed by atoms with Gasteiger partial charge in [0.2, 0.25) is 5.91 Å². The molecule has 0 radical (unpaired) electrons. The molecule has 0 spiro atoms. The van der Waals surface area contributed by atoms with Crippen LogP contribution in [0.25, 0.3) is 11.0 Å². The van der Waals surface area contributed by atoms with Crippen molar-refractivity contribution in [3.05, 3.63) is 35.7 Å². The molecule has 2 unspecified atom stereocenters. The maximum Gasteiger partial charge on any atom is 0.227 e. The Bertz CT molecular complexity index is 821. The van der Waals surface area contributed by atoms with Crippen molar-refractivity contribution in [2.24, 2.45) is 5.41 Å². The monoisotopic (exact) mass is 356 g/mol. The molecule has 2 aromatic heterocycles. The molecule has 0 aromatic carbocycles. The van der Waals surface area contributed by atoms with Gasteiger partial charge in [-0.15, -0.1) is 0 Å². The van der Waals surface area contributed by atoms with Gasteiger partial charge in [-0.1, -0.05) is 20.8 Å². The minimum absolute atomic E-state index is 0.0251. The van der Waals surface area contributed by atoms with E-state index in [-0.39, 0.29) is 17.2 Å². The molecule has 1 amide bonds. The SMILES string of the molecule is CCC(C(=O)NC)c1cnc2ccc(C3(O)CCNCC3(C)C)nc2c1. The molecule has 26 heavy (non-hydrogen) atoms. The van der Waals surface area contributed by atoms with E-state index in [4.69, 9.17) is 4.98 Å². The number of nitrogens with one attached hydrogen (secondary N) is 2. The fourth-order valence-electron chi connectivity index (χ4n) is 3.82. The fraction of sp³-hybridized carbons (Fsp3) is 0.550. The Morgan fingerprint density at radius 1 is 1.38 bits per heavy atom. The third-order valence-corrected chi connectivity index (χ3v) is 5.71. The second-order valence-electron chi connectivity index (χ2n) is 7.75. The molecule has 0 aliphatic carbocycles. The van der Waals surface area contributed by atoms with E-state index >= 15 is 0 Å². The van der Waals surface area contributed by atoms with Crippen molar-refractivity contribution in [3.8, 4) is 0 Å². The van der Waals surface area contributed by atoms with Gasteiger partial charge in [0.25, 0.3) is 0 Å². The number of aromatic nitrogens is 2. The first-order chi connectivity index (χ1) is 12.3. The number of piperidine rings is 1. The summed E-state index contributed by atoms with van der Waals surface area (Å²) in [5, 5.41) is 17.4. The highest BCUT2D eigenvalue weighted by molar-refractivity contribution is 5.85. The number of fused-ring (bicyclic) bond motifs is 1. The van der Waals surface area contributed by atoms with Gasteiger partial charge in [0.1, 0.15) is 5.60 Å². The summed E-state index contributed by atoms with van der Waals surface area (Å²) < 4.78 is 0. The van der Waals surface area contributed by atoms with Crippen LogP contribution in [0.15, 0.2) is 24.4 Å². The normalized spacial score (nSPS) is 23.6. The fourth-order valence-corrected chi connectivity index (χ4v) is 3.82. The van der Waals surface area contributed by atoms with E-state index in [1.54, 1.807) is 13.2 Å². The lowest BCUT2D eigenvalue weighted by atomic mass is 9.68. The van der Waals surface area contributed by atoms with Gasteiger partial charge in [0, 0.05) is 25.2 Å². The predicted octanol–water partition coefficient (Wildman–Crippen LogP) is 2.08. The van der Waals surface area contributed by atoms with Gasteiger partial charge in [0.15, 0.2) is 0 Å². The molecular formula is C20H28N4O2. The minimum Gasteiger partial charge on any atom is -0.383 e. The molecule has 140 valence electrons. The summed E-state index contributed by atoms with van der Waals surface area (Å²) in [6, 6.07) is 5.70. The lowest BCUT2D eigenvalue weighted by Crippen LogP contribution is -2.54. The number of hydrogen-bond acceptors (Lipinski definition) is 5. The van der Waals surface area contributed by atoms with Crippen LogP contribution in [-0.2, 0) is 10.4 Å². The molecule has 3 N–H and O–H groups in total. The average molecular weight is 356 g/mol. The Morgan fingerprint density at radius 3 is 2.81 bits per heavy atom. The molecule has 2 atom stereocenters. The highest BCUT2D eigenvalue weighted by Crippen LogP contribution is 2.43. The zero-order valence-corrected chi connectivity index (χ0v) is 16.0. The zero-order valence-electron chi connectivity index (χ0n) is 16.0. The second kappa shape index (κ2) is 6.93. The molecule has 3 heterocycles. The highest BCUT2D eigenvalue weighted by Gasteiger charge is 2.47. The summed E-state index contributed by atoms with van der Waals surface area (Å²) in [5.41, 5.74) is 1.67. The molecule has 0 bridgehead atoms. The van der Waals surface area contributed by atoms with Crippen molar-refractivity contribution in [2.45, 2.75) is 45.1 Å². The molecular weight excluding hydrogens is 328 g/mol. The topological polar surface area (TPSA) is 87.1 Å². The summed E-state index contributed by atoms with van der Waals surface area (Å²) in [4.78, 5) is 21.4. The van der Waals surface area contributed by atoms with Gasteiger partial charge in [-0.2, -0.15) is 0 Å². The number of pyridine rings is 2. The van der Waals surface area contributed by atoms with Gasteiger partial charge in [0.05, 0.1) is 22.6 Å². The second-order valence-corrected chi connectivity index (χ2v) is 7.75. The molecule has 1 saturated heterocycles. The van der Waals surface area contributed by atoms with Crippen LogP contribution >= 0.6 is 0 Å². The molecule has 1 aliphatic rings. The third kappa shape index (κ3) is 3.08. The Hall–Kier alpha value is -2.05. The molecule has 6 heteroatoms. The molecule has 2 aromatic rings. The van der Waals surface area contributed by atoms with Crippen LogP contribution in [0.2, 0.25) is 0 Å². The van der Waals surface area contributed by atoms with E-state index in [1.165, 1.54) is 0 Å².